The smallest absolute Gasteiger partial charge is 0.138 e. The van der Waals surface area contributed by atoms with Crippen molar-refractivity contribution in [1.29, 1.82) is 0 Å². The molecule has 2 aromatic rings. The van der Waals surface area contributed by atoms with Gasteiger partial charge in [-0.15, -0.1) is 11.3 Å². The molecule has 0 aromatic carbocycles. The predicted octanol–water partition coefficient (Wildman–Crippen LogP) is 2.83. The molecule has 1 aliphatic carbocycles. The molecule has 0 spiro atoms. The minimum atomic E-state index is -0.695. The Kier molecular flexibility index (Phi) is 3.99. The molecule has 5 nitrogen and oxygen atoms in total. The molecule has 2 aliphatic rings. The van der Waals surface area contributed by atoms with Crippen molar-refractivity contribution >= 4 is 27.4 Å². The third-order valence-electron chi connectivity index (χ3n) is 4.93. The van der Waals surface area contributed by atoms with Gasteiger partial charge in [0, 0.05) is 37.5 Å². The van der Waals surface area contributed by atoms with Crippen molar-refractivity contribution in [2.45, 2.75) is 51.0 Å². The SMILES string of the molecule is Cc1nc(NCC2(O)CCOCC2)c2c3c(sc2n1)CCCC3. The van der Waals surface area contributed by atoms with Crippen molar-refractivity contribution in [3.63, 3.8) is 0 Å². The molecule has 6 heteroatoms. The van der Waals surface area contributed by atoms with Crippen molar-refractivity contribution in [3.05, 3.63) is 16.3 Å². The molecule has 1 saturated heterocycles. The average Bonchev–Trinajstić information content (AvgIpc) is 2.91. The maximum absolute atomic E-state index is 10.7. The standard InChI is InChI=1S/C17H23N3O2S/c1-11-19-15(18-10-17(21)6-8-22-9-7-17)14-12-4-2-3-5-13(12)23-16(14)20-11/h21H,2-10H2,1H3,(H,18,19,20). The predicted molar refractivity (Wildman–Crippen MR) is 92.3 cm³/mol. The topological polar surface area (TPSA) is 67.3 Å². The molecule has 0 amide bonds. The number of rotatable bonds is 3. The molecule has 1 fully saturated rings. The largest absolute Gasteiger partial charge is 0.388 e. The lowest BCUT2D eigenvalue weighted by molar-refractivity contribution is -0.0543. The lowest BCUT2D eigenvalue weighted by atomic mass is 9.94. The summed E-state index contributed by atoms with van der Waals surface area (Å²) in [6.07, 6.45) is 6.15. The Morgan fingerprint density at radius 2 is 2.00 bits per heavy atom. The summed E-state index contributed by atoms with van der Waals surface area (Å²) >= 11 is 1.81. The van der Waals surface area contributed by atoms with Crippen LogP contribution in [0.25, 0.3) is 10.2 Å². The first kappa shape index (κ1) is 15.3. The number of thiophene rings is 1. The first-order chi connectivity index (χ1) is 11.1. The average molecular weight is 333 g/mol. The number of ether oxygens (including phenoxy) is 1. The monoisotopic (exact) mass is 333 g/mol. The summed E-state index contributed by atoms with van der Waals surface area (Å²) in [6, 6.07) is 0. The highest BCUT2D eigenvalue weighted by Gasteiger charge is 2.30. The maximum Gasteiger partial charge on any atom is 0.138 e. The number of anilines is 1. The summed E-state index contributed by atoms with van der Waals surface area (Å²) in [5.74, 6) is 1.68. The van der Waals surface area contributed by atoms with Crippen LogP contribution in [0.1, 0.15) is 41.9 Å². The van der Waals surface area contributed by atoms with Crippen LogP contribution in [-0.4, -0.2) is 40.4 Å². The molecule has 4 rings (SSSR count). The molecule has 0 radical (unpaired) electrons. The Bertz CT molecular complexity index is 722. The summed E-state index contributed by atoms with van der Waals surface area (Å²) in [5.41, 5.74) is 0.734. The molecule has 0 atom stereocenters. The minimum Gasteiger partial charge on any atom is -0.388 e. The first-order valence-electron chi connectivity index (χ1n) is 8.47. The van der Waals surface area contributed by atoms with Crippen molar-refractivity contribution in [1.82, 2.24) is 9.97 Å². The second kappa shape index (κ2) is 6.00. The number of hydrogen-bond acceptors (Lipinski definition) is 6. The Hall–Kier alpha value is -1.24. The molecule has 124 valence electrons. The zero-order valence-corrected chi connectivity index (χ0v) is 14.3. The molecular weight excluding hydrogens is 310 g/mol. The summed E-state index contributed by atoms with van der Waals surface area (Å²) in [4.78, 5) is 11.8. The van der Waals surface area contributed by atoms with Crippen molar-refractivity contribution < 1.29 is 9.84 Å². The number of aromatic nitrogens is 2. The van der Waals surface area contributed by atoms with Gasteiger partial charge in [-0.3, -0.25) is 0 Å². The molecule has 1 aliphatic heterocycles. The zero-order chi connectivity index (χ0) is 15.9. The number of hydrogen-bond donors (Lipinski definition) is 2. The lowest BCUT2D eigenvalue weighted by Gasteiger charge is -2.32. The van der Waals surface area contributed by atoms with Gasteiger partial charge in [-0.05, 0) is 38.2 Å². The van der Waals surface area contributed by atoms with Gasteiger partial charge in [0.25, 0.3) is 0 Å². The van der Waals surface area contributed by atoms with Crippen LogP contribution in [0.15, 0.2) is 0 Å². The van der Waals surface area contributed by atoms with Crippen molar-refractivity contribution in [2.24, 2.45) is 0 Å². The van der Waals surface area contributed by atoms with Crippen LogP contribution in [0.4, 0.5) is 5.82 Å². The van der Waals surface area contributed by atoms with Gasteiger partial charge >= 0.3 is 0 Å². The van der Waals surface area contributed by atoms with E-state index in [0.717, 1.165) is 29.3 Å². The maximum atomic E-state index is 10.7. The fraction of sp³-hybridized carbons (Fsp3) is 0.647. The van der Waals surface area contributed by atoms with E-state index in [9.17, 15) is 5.11 Å². The minimum absolute atomic E-state index is 0.520. The number of nitrogens with zero attached hydrogens (tertiary/aromatic N) is 2. The van der Waals surface area contributed by atoms with E-state index < -0.39 is 5.60 Å². The zero-order valence-electron chi connectivity index (χ0n) is 13.5. The van der Waals surface area contributed by atoms with E-state index >= 15 is 0 Å². The molecule has 3 heterocycles. The van der Waals surface area contributed by atoms with E-state index in [4.69, 9.17) is 4.74 Å². The molecule has 0 bridgehead atoms. The summed E-state index contributed by atoms with van der Waals surface area (Å²) in [5, 5.41) is 15.3. The van der Waals surface area contributed by atoms with E-state index in [1.807, 2.05) is 18.3 Å². The Labute approximate surface area is 140 Å². The van der Waals surface area contributed by atoms with Crippen LogP contribution in [0.2, 0.25) is 0 Å². The van der Waals surface area contributed by atoms with Gasteiger partial charge in [0.05, 0.1) is 11.0 Å². The summed E-state index contributed by atoms with van der Waals surface area (Å²) in [6.45, 7) is 3.72. The van der Waals surface area contributed by atoms with E-state index in [1.54, 1.807) is 0 Å². The third-order valence-corrected chi connectivity index (χ3v) is 6.12. The normalized spacial score (nSPS) is 20.4. The highest BCUT2D eigenvalue weighted by atomic mass is 32.1. The Balaban J connectivity index is 1.67. The van der Waals surface area contributed by atoms with E-state index in [2.05, 4.69) is 15.3 Å². The first-order valence-corrected chi connectivity index (χ1v) is 9.29. The molecule has 23 heavy (non-hydrogen) atoms. The quantitative estimate of drug-likeness (QED) is 0.904. The second-order valence-electron chi connectivity index (χ2n) is 6.70. The van der Waals surface area contributed by atoms with Gasteiger partial charge in [-0.2, -0.15) is 0 Å². The van der Waals surface area contributed by atoms with Gasteiger partial charge in [-0.1, -0.05) is 0 Å². The van der Waals surface area contributed by atoms with Crippen LogP contribution >= 0.6 is 11.3 Å². The summed E-state index contributed by atoms with van der Waals surface area (Å²) in [7, 11) is 0. The van der Waals surface area contributed by atoms with Gasteiger partial charge in [0.15, 0.2) is 0 Å². The van der Waals surface area contributed by atoms with Crippen molar-refractivity contribution in [3.8, 4) is 0 Å². The lowest BCUT2D eigenvalue weighted by Crippen LogP contribution is -2.42. The Morgan fingerprint density at radius 1 is 1.22 bits per heavy atom. The molecule has 0 unspecified atom stereocenters. The second-order valence-corrected chi connectivity index (χ2v) is 7.78. The molecule has 2 aromatic heterocycles. The summed E-state index contributed by atoms with van der Waals surface area (Å²) < 4.78 is 5.36. The number of fused-ring (bicyclic) bond motifs is 3. The van der Waals surface area contributed by atoms with Crippen LogP contribution in [0.5, 0.6) is 0 Å². The van der Waals surface area contributed by atoms with E-state index in [0.29, 0.717) is 32.6 Å². The van der Waals surface area contributed by atoms with Gasteiger partial charge in [0.2, 0.25) is 0 Å². The van der Waals surface area contributed by atoms with Crippen LogP contribution in [0, 0.1) is 6.92 Å². The third kappa shape index (κ3) is 2.95. The fourth-order valence-corrected chi connectivity index (χ4v) is 4.88. The van der Waals surface area contributed by atoms with Gasteiger partial charge in [0.1, 0.15) is 16.5 Å². The van der Waals surface area contributed by atoms with E-state index in [1.165, 1.54) is 28.7 Å². The van der Waals surface area contributed by atoms with Crippen LogP contribution in [-0.2, 0) is 17.6 Å². The number of aryl methyl sites for hydroxylation is 3. The molecular formula is C17H23N3O2S. The molecule has 0 saturated carbocycles. The molecule has 2 N–H and O–H groups in total. The number of aliphatic hydroxyl groups is 1. The highest BCUT2D eigenvalue weighted by molar-refractivity contribution is 7.19. The van der Waals surface area contributed by atoms with Crippen molar-refractivity contribution in [2.75, 3.05) is 25.1 Å². The van der Waals surface area contributed by atoms with E-state index in [-0.39, 0.29) is 0 Å². The van der Waals surface area contributed by atoms with Crippen LogP contribution in [0.3, 0.4) is 0 Å². The number of nitrogens with one attached hydrogen (secondary N) is 1. The van der Waals surface area contributed by atoms with Gasteiger partial charge in [-0.25, -0.2) is 9.97 Å². The highest BCUT2D eigenvalue weighted by Crippen LogP contribution is 2.38. The van der Waals surface area contributed by atoms with Gasteiger partial charge < -0.3 is 15.2 Å². The van der Waals surface area contributed by atoms with Crippen LogP contribution < -0.4 is 5.32 Å². The fourth-order valence-electron chi connectivity index (χ4n) is 3.57. The Morgan fingerprint density at radius 3 is 2.83 bits per heavy atom.